The van der Waals surface area contributed by atoms with Crippen LogP contribution >= 0.6 is 0 Å². The zero-order chi connectivity index (χ0) is 25.0. The number of carbonyl (C=O) groups is 1. The quantitative estimate of drug-likeness (QED) is 0.625. The number of benzene rings is 1. The van der Waals surface area contributed by atoms with Gasteiger partial charge in [0.15, 0.2) is 11.5 Å². The minimum Gasteiger partial charge on any atom is -0.493 e. The lowest BCUT2D eigenvalue weighted by molar-refractivity contribution is -0.0893. The fourth-order valence-corrected chi connectivity index (χ4v) is 3.06. The third kappa shape index (κ3) is 7.28. The minimum atomic E-state index is -1.07. The van der Waals surface area contributed by atoms with Crippen LogP contribution in [0.2, 0.25) is 0 Å². The van der Waals surface area contributed by atoms with Gasteiger partial charge in [-0.1, -0.05) is 0 Å². The van der Waals surface area contributed by atoms with Gasteiger partial charge in [0.05, 0.1) is 23.9 Å². The maximum absolute atomic E-state index is 12.3. The Hall–Kier alpha value is -2.44. The molecular weight excluding hydrogens is 423 g/mol. The molecule has 0 bridgehead atoms. The normalized spacial score (nSPS) is 15.6. The fourth-order valence-electron chi connectivity index (χ4n) is 3.06. The Bertz CT molecular complexity index is 875. The SMILES string of the molecule is COc1cc([B]OC(C)(C)C(C)(C)O)cc(C#N)c1OC1CCN(C(=O)OC(C)(C)C)CC1. The van der Waals surface area contributed by atoms with Crippen LogP contribution in [0.25, 0.3) is 0 Å². The van der Waals surface area contributed by atoms with E-state index in [1.54, 1.807) is 44.7 Å². The molecule has 1 saturated heterocycles. The molecule has 1 N–H and O–H groups in total. The summed E-state index contributed by atoms with van der Waals surface area (Å²) in [5.41, 5.74) is -1.51. The molecule has 1 aromatic rings. The van der Waals surface area contributed by atoms with Gasteiger partial charge < -0.3 is 28.9 Å². The van der Waals surface area contributed by atoms with Gasteiger partial charge >= 0.3 is 13.6 Å². The lowest BCUT2D eigenvalue weighted by atomic mass is 9.82. The average Bonchev–Trinajstić information content (AvgIpc) is 2.71. The maximum Gasteiger partial charge on any atom is 0.410 e. The van der Waals surface area contributed by atoms with Crippen LogP contribution in [-0.2, 0) is 9.39 Å². The molecule has 181 valence electrons. The predicted octanol–water partition coefficient (Wildman–Crippen LogP) is 3.16. The van der Waals surface area contributed by atoms with Crippen molar-refractivity contribution in [3.05, 3.63) is 17.7 Å². The summed E-state index contributed by atoms with van der Waals surface area (Å²) in [7, 11) is 3.02. The van der Waals surface area contributed by atoms with Crippen molar-refractivity contribution in [2.24, 2.45) is 0 Å². The average molecular weight is 459 g/mol. The summed E-state index contributed by atoms with van der Waals surface area (Å²) in [5.74, 6) is 0.786. The van der Waals surface area contributed by atoms with Gasteiger partial charge in [-0.3, -0.25) is 0 Å². The molecule has 0 saturated carbocycles. The summed E-state index contributed by atoms with van der Waals surface area (Å²) in [4.78, 5) is 14.0. The van der Waals surface area contributed by atoms with Gasteiger partial charge in [-0.15, -0.1) is 0 Å². The molecule has 0 spiro atoms. The van der Waals surface area contributed by atoms with Gasteiger partial charge in [0, 0.05) is 25.9 Å². The molecule has 9 heteroatoms. The molecule has 1 heterocycles. The van der Waals surface area contributed by atoms with Crippen LogP contribution in [0.4, 0.5) is 4.79 Å². The third-order valence-corrected chi connectivity index (χ3v) is 5.76. The molecule has 8 nitrogen and oxygen atoms in total. The van der Waals surface area contributed by atoms with E-state index in [0.717, 1.165) is 0 Å². The number of nitrogens with zero attached hydrogens (tertiary/aromatic N) is 2. The van der Waals surface area contributed by atoms with Crippen molar-refractivity contribution in [2.75, 3.05) is 20.2 Å². The van der Waals surface area contributed by atoms with E-state index in [9.17, 15) is 15.2 Å². The number of amides is 1. The highest BCUT2D eigenvalue weighted by atomic mass is 16.6. The molecule has 1 fully saturated rings. The Morgan fingerprint density at radius 3 is 2.24 bits per heavy atom. The highest BCUT2D eigenvalue weighted by Gasteiger charge is 2.36. The van der Waals surface area contributed by atoms with E-state index in [1.165, 1.54) is 14.6 Å². The summed E-state index contributed by atoms with van der Waals surface area (Å²) < 4.78 is 22.9. The lowest BCUT2D eigenvalue weighted by Crippen LogP contribution is -2.49. The molecule has 1 amide bonds. The van der Waals surface area contributed by atoms with Gasteiger partial charge in [0.25, 0.3) is 0 Å². The van der Waals surface area contributed by atoms with E-state index in [-0.39, 0.29) is 12.2 Å². The van der Waals surface area contributed by atoms with E-state index in [0.29, 0.717) is 48.5 Å². The predicted molar refractivity (Wildman–Crippen MR) is 126 cm³/mol. The lowest BCUT2D eigenvalue weighted by Gasteiger charge is -2.37. The molecule has 0 aliphatic carbocycles. The molecule has 1 aliphatic rings. The molecule has 1 aromatic carbocycles. The Labute approximate surface area is 198 Å². The first-order valence-corrected chi connectivity index (χ1v) is 11.2. The van der Waals surface area contributed by atoms with Crippen molar-refractivity contribution in [3.63, 3.8) is 0 Å². The van der Waals surface area contributed by atoms with E-state index in [1.807, 2.05) is 20.8 Å². The van der Waals surface area contributed by atoms with Gasteiger partial charge in [0.1, 0.15) is 17.8 Å². The van der Waals surface area contributed by atoms with Crippen LogP contribution < -0.4 is 14.9 Å². The number of nitriles is 1. The van der Waals surface area contributed by atoms with Crippen LogP contribution in [0.15, 0.2) is 12.1 Å². The Morgan fingerprint density at radius 2 is 1.76 bits per heavy atom. The number of likely N-dealkylation sites (tertiary alicyclic amines) is 1. The van der Waals surface area contributed by atoms with Crippen molar-refractivity contribution >= 4 is 19.0 Å². The zero-order valence-electron chi connectivity index (χ0n) is 21.0. The topological polar surface area (TPSA) is 101 Å². The number of rotatable bonds is 7. The standard InChI is InChI=1S/C24H36BN2O6/c1-22(2,3)32-21(28)27-11-9-18(10-12-27)31-20-16(15-26)13-17(14-19(20)30-8)25-33-24(6,7)23(4,5)29/h13-14,18,29H,9-12H2,1-8H3. The zero-order valence-corrected chi connectivity index (χ0v) is 21.0. The molecular formula is C24H36BN2O6. The van der Waals surface area contributed by atoms with Gasteiger partial charge in [-0.2, -0.15) is 5.26 Å². The Kier molecular flexibility index (Phi) is 8.31. The van der Waals surface area contributed by atoms with Crippen LogP contribution in [0.3, 0.4) is 0 Å². The van der Waals surface area contributed by atoms with Crippen LogP contribution in [0, 0.1) is 11.3 Å². The number of piperidine rings is 1. The Balaban J connectivity index is 2.09. The maximum atomic E-state index is 12.3. The number of carbonyl (C=O) groups excluding carboxylic acids is 1. The number of hydrogen-bond donors (Lipinski definition) is 1. The molecule has 0 atom stereocenters. The van der Waals surface area contributed by atoms with Crippen LogP contribution in [-0.4, -0.2) is 66.7 Å². The fraction of sp³-hybridized carbons (Fsp3) is 0.667. The largest absolute Gasteiger partial charge is 0.493 e. The van der Waals surface area contributed by atoms with E-state index in [2.05, 4.69) is 6.07 Å². The summed E-state index contributed by atoms with van der Waals surface area (Å²) in [6.45, 7) is 13.5. The highest BCUT2D eigenvalue weighted by molar-refractivity contribution is 6.47. The van der Waals surface area contributed by atoms with Gasteiger partial charge in [0.2, 0.25) is 0 Å². The molecule has 0 aromatic heterocycles. The van der Waals surface area contributed by atoms with Crippen molar-refractivity contribution in [3.8, 4) is 17.6 Å². The third-order valence-electron chi connectivity index (χ3n) is 5.76. The number of aliphatic hydroxyl groups is 1. The van der Waals surface area contributed by atoms with Crippen molar-refractivity contribution in [1.29, 1.82) is 5.26 Å². The summed E-state index contributed by atoms with van der Waals surface area (Å²) in [6, 6.07) is 5.56. The molecule has 33 heavy (non-hydrogen) atoms. The highest BCUT2D eigenvalue weighted by Crippen LogP contribution is 2.33. The van der Waals surface area contributed by atoms with Crippen LogP contribution in [0.1, 0.15) is 66.9 Å². The van der Waals surface area contributed by atoms with Crippen molar-refractivity contribution in [2.45, 2.75) is 84.2 Å². The second kappa shape index (κ2) is 10.2. The van der Waals surface area contributed by atoms with Gasteiger partial charge in [-0.25, -0.2) is 4.79 Å². The first-order chi connectivity index (χ1) is 15.2. The molecule has 0 unspecified atom stereocenters. The molecule has 1 radical (unpaired) electrons. The van der Waals surface area contributed by atoms with Gasteiger partial charge in [-0.05, 0) is 66.1 Å². The second-order valence-electron chi connectivity index (χ2n) is 10.3. The Morgan fingerprint density at radius 1 is 1.15 bits per heavy atom. The van der Waals surface area contributed by atoms with E-state index in [4.69, 9.17) is 18.9 Å². The summed E-state index contributed by atoms with van der Waals surface area (Å²) in [6.07, 6.45) is 0.739. The first-order valence-electron chi connectivity index (χ1n) is 11.2. The number of methoxy groups -OCH3 is 1. The first kappa shape index (κ1) is 26.8. The van der Waals surface area contributed by atoms with E-state index >= 15 is 0 Å². The smallest absolute Gasteiger partial charge is 0.410 e. The number of hydrogen-bond acceptors (Lipinski definition) is 7. The molecule has 1 aliphatic heterocycles. The van der Waals surface area contributed by atoms with Crippen molar-refractivity contribution in [1.82, 2.24) is 4.90 Å². The molecule has 2 rings (SSSR count). The van der Waals surface area contributed by atoms with E-state index < -0.39 is 16.8 Å². The number of ether oxygens (including phenoxy) is 3. The summed E-state index contributed by atoms with van der Waals surface area (Å²) >= 11 is 0. The van der Waals surface area contributed by atoms with Crippen molar-refractivity contribution < 1.29 is 28.8 Å². The summed E-state index contributed by atoms with van der Waals surface area (Å²) in [5, 5.41) is 20.0. The minimum absolute atomic E-state index is 0.162. The second-order valence-corrected chi connectivity index (χ2v) is 10.3. The van der Waals surface area contributed by atoms with Crippen LogP contribution in [0.5, 0.6) is 11.5 Å². The monoisotopic (exact) mass is 459 g/mol.